The molecule has 0 aromatic rings. The summed E-state index contributed by atoms with van der Waals surface area (Å²) in [6.07, 6.45) is 2.89. The van der Waals surface area contributed by atoms with Crippen LogP contribution in [0.1, 0.15) is 26.7 Å². The Morgan fingerprint density at radius 3 is 1.75 bits per heavy atom. The molecule has 0 aliphatic carbocycles. The van der Waals surface area contributed by atoms with Crippen molar-refractivity contribution >= 4 is 18.1 Å². The highest BCUT2D eigenvalue weighted by atomic mass is 29.1. The maximum absolute atomic E-state index is 2.31. The standard InChI is InChI=1S/C6H18Si2/c1-3-5-8(7)6-4-2/h8H,3-6H2,1-2,7H3. The molecule has 0 nitrogen and oxygen atoms in total. The first-order valence-corrected chi connectivity index (χ1v) is 10.1. The average molecular weight is 146 g/mol. The molecule has 0 rings (SSSR count). The molecular weight excluding hydrogens is 128 g/mol. The molecule has 8 heavy (non-hydrogen) atoms. The molecule has 0 saturated carbocycles. The second-order valence-electron chi connectivity index (χ2n) is 2.68. The van der Waals surface area contributed by atoms with Gasteiger partial charge in [0, 0.05) is 8.31 Å². The van der Waals surface area contributed by atoms with E-state index in [4.69, 9.17) is 0 Å². The van der Waals surface area contributed by atoms with E-state index in [1.54, 1.807) is 21.8 Å². The Balaban J connectivity index is 2.92. The minimum atomic E-state index is -0.0633. The summed E-state index contributed by atoms with van der Waals surface area (Å²) in [5.41, 5.74) is 0. The van der Waals surface area contributed by atoms with Gasteiger partial charge in [0.25, 0.3) is 0 Å². The van der Waals surface area contributed by atoms with Crippen LogP contribution in [-0.2, 0) is 0 Å². The highest BCUT2D eigenvalue weighted by molar-refractivity contribution is 7.03. The quantitative estimate of drug-likeness (QED) is 0.517. The van der Waals surface area contributed by atoms with Gasteiger partial charge in [0.2, 0.25) is 0 Å². The van der Waals surface area contributed by atoms with E-state index in [2.05, 4.69) is 13.8 Å². The van der Waals surface area contributed by atoms with Crippen molar-refractivity contribution in [3.8, 4) is 0 Å². The predicted octanol–water partition coefficient (Wildman–Crippen LogP) is 0.896. The van der Waals surface area contributed by atoms with Gasteiger partial charge >= 0.3 is 0 Å². The van der Waals surface area contributed by atoms with Gasteiger partial charge in [-0.1, -0.05) is 38.8 Å². The van der Waals surface area contributed by atoms with Crippen molar-refractivity contribution in [1.29, 1.82) is 0 Å². The van der Waals surface area contributed by atoms with E-state index in [0.29, 0.717) is 0 Å². The lowest BCUT2D eigenvalue weighted by Crippen LogP contribution is -2.10. The van der Waals surface area contributed by atoms with Crippen LogP contribution in [0.5, 0.6) is 0 Å². The number of rotatable bonds is 4. The van der Waals surface area contributed by atoms with Crippen molar-refractivity contribution in [2.24, 2.45) is 0 Å². The zero-order valence-corrected chi connectivity index (χ0v) is 9.56. The lowest BCUT2D eigenvalue weighted by atomic mass is 10.6. The molecule has 0 heterocycles. The summed E-state index contributed by atoms with van der Waals surface area (Å²) in [7, 11) is 1.48. The van der Waals surface area contributed by atoms with Crippen molar-refractivity contribution in [1.82, 2.24) is 0 Å². The third-order valence-corrected chi connectivity index (χ3v) is 8.15. The predicted molar refractivity (Wildman–Crippen MR) is 47.3 cm³/mol. The van der Waals surface area contributed by atoms with E-state index in [1.807, 2.05) is 0 Å². The van der Waals surface area contributed by atoms with Gasteiger partial charge in [-0.05, 0) is 9.76 Å². The Morgan fingerprint density at radius 1 is 1.12 bits per heavy atom. The van der Waals surface area contributed by atoms with Crippen molar-refractivity contribution in [3.63, 3.8) is 0 Å². The maximum atomic E-state index is 2.31. The minimum absolute atomic E-state index is 0.0633. The molecule has 0 aromatic carbocycles. The van der Waals surface area contributed by atoms with Gasteiger partial charge in [-0.2, -0.15) is 0 Å². The second-order valence-corrected chi connectivity index (χ2v) is 10.9. The van der Waals surface area contributed by atoms with Crippen molar-refractivity contribution in [2.75, 3.05) is 0 Å². The molecule has 0 unspecified atom stereocenters. The number of hydrogen-bond donors (Lipinski definition) is 0. The van der Waals surface area contributed by atoms with Crippen molar-refractivity contribution < 1.29 is 0 Å². The molecule has 0 fully saturated rings. The molecular formula is C6H18Si2. The monoisotopic (exact) mass is 146 g/mol. The fourth-order valence-corrected chi connectivity index (χ4v) is 6.85. The van der Waals surface area contributed by atoms with Gasteiger partial charge in [-0.15, -0.1) is 0 Å². The lowest BCUT2D eigenvalue weighted by Gasteiger charge is -2.03. The molecule has 2 heteroatoms. The van der Waals surface area contributed by atoms with Gasteiger partial charge in [-0.3, -0.25) is 0 Å². The third kappa shape index (κ3) is 4.59. The van der Waals surface area contributed by atoms with Gasteiger partial charge in [0.05, 0.1) is 0 Å². The molecule has 0 aromatic heterocycles. The van der Waals surface area contributed by atoms with Crippen molar-refractivity contribution in [2.45, 2.75) is 38.8 Å². The molecule has 0 N–H and O–H groups in total. The van der Waals surface area contributed by atoms with Gasteiger partial charge in [0.1, 0.15) is 0 Å². The van der Waals surface area contributed by atoms with Crippen LogP contribution in [0.2, 0.25) is 12.1 Å². The van der Waals surface area contributed by atoms with Crippen LogP contribution in [0.4, 0.5) is 0 Å². The maximum Gasteiger partial charge on any atom is 0.0202 e. The molecule has 0 atom stereocenters. The number of hydrogen-bond acceptors (Lipinski definition) is 0. The Labute approximate surface area is 57.5 Å². The van der Waals surface area contributed by atoms with Gasteiger partial charge in [-0.25, -0.2) is 0 Å². The topological polar surface area (TPSA) is 0 Å². The summed E-state index contributed by atoms with van der Waals surface area (Å²) in [6.45, 7) is 4.63. The highest BCUT2D eigenvalue weighted by Gasteiger charge is 1.97. The molecule has 50 valence electrons. The van der Waals surface area contributed by atoms with E-state index in [9.17, 15) is 0 Å². The van der Waals surface area contributed by atoms with E-state index >= 15 is 0 Å². The summed E-state index contributed by atoms with van der Waals surface area (Å²) < 4.78 is 0. The van der Waals surface area contributed by atoms with Crippen LogP contribution in [0.3, 0.4) is 0 Å². The first-order chi connectivity index (χ1) is 3.81. The van der Waals surface area contributed by atoms with Gasteiger partial charge < -0.3 is 0 Å². The zero-order chi connectivity index (χ0) is 6.41. The molecule has 0 amide bonds. The normalized spacial score (nSPS) is 10.9. The van der Waals surface area contributed by atoms with Crippen LogP contribution >= 0.6 is 0 Å². The van der Waals surface area contributed by atoms with Crippen LogP contribution < -0.4 is 0 Å². The lowest BCUT2D eigenvalue weighted by molar-refractivity contribution is 1.02. The highest BCUT2D eigenvalue weighted by Crippen LogP contribution is 2.00. The Bertz CT molecular complexity index is 39.8. The van der Waals surface area contributed by atoms with Crippen LogP contribution in [0.15, 0.2) is 0 Å². The zero-order valence-electron chi connectivity index (χ0n) is 6.41. The minimum Gasteiger partial charge on any atom is -0.0657 e. The Hall–Kier alpha value is 0.434. The summed E-state index contributed by atoms with van der Waals surface area (Å²) in [6, 6.07) is 3.22. The van der Waals surface area contributed by atoms with E-state index in [0.717, 1.165) is 0 Å². The first kappa shape index (κ1) is 8.43. The van der Waals surface area contributed by atoms with E-state index in [1.165, 1.54) is 12.8 Å². The van der Waals surface area contributed by atoms with E-state index in [-0.39, 0.29) is 8.31 Å². The summed E-state index contributed by atoms with van der Waals surface area (Å²) >= 11 is 0. The molecule has 0 radical (unpaired) electrons. The molecule has 0 spiro atoms. The second kappa shape index (κ2) is 5.57. The van der Waals surface area contributed by atoms with Crippen LogP contribution in [0, 0.1) is 0 Å². The van der Waals surface area contributed by atoms with Crippen molar-refractivity contribution in [3.05, 3.63) is 0 Å². The average Bonchev–Trinajstić information content (AvgIpc) is 1.68. The SMILES string of the molecule is CCC[SiH]([SiH3])CCC. The molecule has 0 aliphatic heterocycles. The van der Waals surface area contributed by atoms with Crippen LogP contribution in [-0.4, -0.2) is 18.1 Å². The fraction of sp³-hybridized carbons (Fsp3) is 1.00. The Kier molecular flexibility index (Phi) is 5.87. The van der Waals surface area contributed by atoms with E-state index < -0.39 is 0 Å². The van der Waals surface area contributed by atoms with Gasteiger partial charge in [0.15, 0.2) is 0 Å². The largest absolute Gasteiger partial charge is 0.0657 e. The molecule has 0 aliphatic rings. The summed E-state index contributed by atoms with van der Waals surface area (Å²) in [5.74, 6) is 0. The smallest absolute Gasteiger partial charge is 0.0202 e. The Morgan fingerprint density at radius 2 is 1.50 bits per heavy atom. The molecule has 0 bridgehead atoms. The summed E-state index contributed by atoms with van der Waals surface area (Å²) in [4.78, 5) is 0. The first-order valence-electron chi connectivity index (χ1n) is 3.81. The molecule has 0 saturated heterocycles. The summed E-state index contributed by atoms with van der Waals surface area (Å²) in [5, 5.41) is 0. The fourth-order valence-electron chi connectivity index (χ4n) is 1.13. The third-order valence-electron chi connectivity index (χ3n) is 1.56. The van der Waals surface area contributed by atoms with Crippen LogP contribution in [0.25, 0.3) is 0 Å².